The summed E-state index contributed by atoms with van der Waals surface area (Å²) in [5.74, 6) is 1.38. The molecule has 0 radical (unpaired) electrons. The van der Waals surface area contributed by atoms with Gasteiger partial charge in [-0.3, -0.25) is 0 Å². The van der Waals surface area contributed by atoms with E-state index in [-0.39, 0.29) is 18.4 Å². The summed E-state index contributed by atoms with van der Waals surface area (Å²) in [6, 6.07) is 5.34. The lowest BCUT2D eigenvalue weighted by Crippen LogP contribution is -2.18. The third-order valence-electron chi connectivity index (χ3n) is 2.45. The van der Waals surface area contributed by atoms with Crippen molar-refractivity contribution in [3.8, 4) is 11.5 Å². The van der Waals surface area contributed by atoms with Crippen LogP contribution in [0.2, 0.25) is 0 Å². The van der Waals surface area contributed by atoms with Crippen LogP contribution in [0.1, 0.15) is 11.6 Å². The number of halogens is 1. The Morgan fingerprint density at radius 2 is 1.82 bits per heavy atom. The minimum atomic E-state index is -0.396. The number of hydrogen-bond donors (Lipinski definition) is 1. The van der Waals surface area contributed by atoms with Crippen LogP contribution in [0.25, 0.3) is 0 Å². The van der Waals surface area contributed by atoms with E-state index < -0.39 is 6.09 Å². The number of ether oxygens (including phenoxy) is 3. The van der Waals surface area contributed by atoms with E-state index >= 15 is 0 Å². The van der Waals surface area contributed by atoms with Gasteiger partial charge in [-0.05, 0) is 17.7 Å². The zero-order valence-corrected chi connectivity index (χ0v) is 10.4. The first-order valence-corrected chi connectivity index (χ1v) is 4.89. The Hall–Kier alpha value is -1.62. The molecule has 0 saturated carbocycles. The zero-order chi connectivity index (χ0) is 11.5. The van der Waals surface area contributed by atoms with Gasteiger partial charge in [0, 0.05) is 6.07 Å². The molecule has 1 amide bonds. The molecule has 1 aliphatic rings. The van der Waals surface area contributed by atoms with E-state index in [1.54, 1.807) is 20.3 Å². The molecule has 1 saturated heterocycles. The smallest absolute Gasteiger partial charge is 0.407 e. The van der Waals surface area contributed by atoms with Crippen LogP contribution in [0.3, 0.4) is 0 Å². The monoisotopic (exact) mass is 259 g/mol. The Kier molecular flexibility index (Phi) is 4.45. The molecule has 0 spiro atoms. The average molecular weight is 260 g/mol. The highest BCUT2D eigenvalue weighted by Crippen LogP contribution is 2.28. The zero-order valence-electron chi connectivity index (χ0n) is 9.56. The first kappa shape index (κ1) is 13.4. The Morgan fingerprint density at radius 3 is 2.24 bits per heavy atom. The SMILES string of the molecule is COc1cc(OC)cc([C@H]2COC(=O)N2)c1.Cl. The molecule has 1 N–H and O–H groups in total. The molecule has 1 aromatic rings. The number of cyclic esters (lactones) is 1. The number of methoxy groups -OCH3 is 2. The summed E-state index contributed by atoms with van der Waals surface area (Å²) in [4.78, 5) is 10.9. The summed E-state index contributed by atoms with van der Waals surface area (Å²) < 4.78 is 15.1. The van der Waals surface area contributed by atoms with E-state index in [9.17, 15) is 4.79 Å². The van der Waals surface area contributed by atoms with Gasteiger partial charge in [-0.25, -0.2) is 4.79 Å². The van der Waals surface area contributed by atoms with E-state index in [4.69, 9.17) is 14.2 Å². The van der Waals surface area contributed by atoms with Crippen LogP contribution in [0.4, 0.5) is 4.79 Å². The van der Waals surface area contributed by atoms with E-state index in [1.807, 2.05) is 12.1 Å². The van der Waals surface area contributed by atoms with Crippen molar-refractivity contribution in [1.82, 2.24) is 5.32 Å². The Morgan fingerprint density at radius 1 is 1.24 bits per heavy atom. The molecule has 6 heteroatoms. The van der Waals surface area contributed by atoms with Crippen molar-refractivity contribution in [1.29, 1.82) is 0 Å². The van der Waals surface area contributed by atoms with E-state index in [0.29, 0.717) is 18.1 Å². The number of hydrogen-bond acceptors (Lipinski definition) is 4. The molecule has 1 atom stereocenters. The number of amides is 1. The standard InChI is InChI=1S/C11H13NO4.ClH/c1-14-8-3-7(4-9(5-8)15-2)10-6-16-11(13)12-10;/h3-5,10H,6H2,1-2H3,(H,12,13);1H/t10-;/m1./s1. The minimum Gasteiger partial charge on any atom is -0.497 e. The number of carbonyl (C=O) groups excluding carboxylic acids is 1. The third-order valence-corrected chi connectivity index (χ3v) is 2.45. The summed E-state index contributed by atoms with van der Waals surface area (Å²) in [5, 5.41) is 2.70. The van der Waals surface area contributed by atoms with Crippen molar-refractivity contribution in [3.63, 3.8) is 0 Å². The molecular weight excluding hydrogens is 246 g/mol. The maximum absolute atomic E-state index is 10.9. The molecule has 1 heterocycles. The first-order chi connectivity index (χ1) is 7.72. The van der Waals surface area contributed by atoms with Gasteiger partial charge in [0.25, 0.3) is 0 Å². The molecule has 1 aromatic carbocycles. The third kappa shape index (κ3) is 2.94. The second-order valence-corrected chi connectivity index (χ2v) is 3.44. The molecule has 0 unspecified atom stereocenters. The fourth-order valence-corrected chi connectivity index (χ4v) is 1.59. The largest absolute Gasteiger partial charge is 0.497 e. The highest BCUT2D eigenvalue weighted by atomic mass is 35.5. The Bertz CT molecular complexity index is 388. The van der Waals surface area contributed by atoms with E-state index in [0.717, 1.165) is 5.56 Å². The molecule has 94 valence electrons. The summed E-state index contributed by atoms with van der Waals surface area (Å²) in [6.07, 6.45) is -0.396. The summed E-state index contributed by atoms with van der Waals surface area (Å²) >= 11 is 0. The normalized spacial score (nSPS) is 17.8. The van der Waals surface area contributed by atoms with Gasteiger partial charge < -0.3 is 19.5 Å². The van der Waals surface area contributed by atoms with Crippen LogP contribution in [0.5, 0.6) is 11.5 Å². The predicted molar refractivity (Wildman–Crippen MR) is 64.0 cm³/mol. The van der Waals surface area contributed by atoms with Crippen LogP contribution in [0.15, 0.2) is 18.2 Å². The maximum atomic E-state index is 10.9. The van der Waals surface area contributed by atoms with Gasteiger partial charge in [0.2, 0.25) is 0 Å². The van der Waals surface area contributed by atoms with E-state index in [2.05, 4.69) is 5.32 Å². The second kappa shape index (κ2) is 5.63. The van der Waals surface area contributed by atoms with Gasteiger partial charge in [-0.1, -0.05) is 0 Å². The molecule has 5 nitrogen and oxygen atoms in total. The Labute approximate surface area is 105 Å². The van der Waals surface area contributed by atoms with Crippen LogP contribution in [-0.2, 0) is 4.74 Å². The van der Waals surface area contributed by atoms with Gasteiger partial charge in [0.05, 0.1) is 20.3 Å². The highest BCUT2D eigenvalue weighted by molar-refractivity contribution is 5.85. The maximum Gasteiger partial charge on any atom is 0.407 e. The number of rotatable bonds is 3. The fourth-order valence-electron chi connectivity index (χ4n) is 1.59. The van der Waals surface area contributed by atoms with Crippen molar-refractivity contribution in [2.24, 2.45) is 0 Å². The summed E-state index contributed by atoms with van der Waals surface area (Å²) in [5.41, 5.74) is 0.905. The number of alkyl carbamates (subject to hydrolysis) is 1. The Balaban J connectivity index is 0.00000144. The van der Waals surface area contributed by atoms with Crippen LogP contribution >= 0.6 is 12.4 Å². The number of carbonyl (C=O) groups is 1. The van der Waals surface area contributed by atoms with Crippen molar-refractivity contribution in [2.45, 2.75) is 6.04 Å². The molecule has 1 fully saturated rings. The fraction of sp³-hybridized carbons (Fsp3) is 0.364. The van der Waals surface area contributed by atoms with Crippen molar-refractivity contribution >= 4 is 18.5 Å². The van der Waals surface area contributed by atoms with Gasteiger partial charge >= 0.3 is 6.09 Å². The lowest BCUT2D eigenvalue weighted by atomic mass is 10.1. The molecule has 17 heavy (non-hydrogen) atoms. The van der Waals surface area contributed by atoms with Gasteiger partial charge in [0.1, 0.15) is 18.1 Å². The topological polar surface area (TPSA) is 56.8 Å². The van der Waals surface area contributed by atoms with Crippen LogP contribution < -0.4 is 14.8 Å². The first-order valence-electron chi connectivity index (χ1n) is 4.89. The lowest BCUT2D eigenvalue weighted by molar-refractivity contribution is 0.177. The predicted octanol–water partition coefficient (Wildman–Crippen LogP) is 1.91. The van der Waals surface area contributed by atoms with Gasteiger partial charge in [-0.15, -0.1) is 12.4 Å². The van der Waals surface area contributed by atoms with E-state index in [1.165, 1.54) is 0 Å². The summed E-state index contributed by atoms with van der Waals surface area (Å²) in [6.45, 7) is 0.329. The molecule has 0 bridgehead atoms. The molecular formula is C11H14ClNO4. The second-order valence-electron chi connectivity index (χ2n) is 3.44. The number of benzene rings is 1. The van der Waals surface area contributed by atoms with Gasteiger partial charge in [0.15, 0.2) is 0 Å². The van der Waals surface area contributed by atoms with Crippen LogP contribution in [0, 0.1) is 0 Å². The van der Waals surface area contributed by atoms with Crippen molar-refractivity contribution < 1.29 is 19.0 Å². The molecule has 1 aliphatic heterocycles. The summed E-state index contributed by atoms with van der Waals surface area (Å²) in [7, 11) is 3.17. The minimum absolute atomic E-state index is 0. The van der Waals surface area contributed by atoms with Crippen LogP contribution in [-0.4, -0.2) is 26.9 Å². The quantitative estimate of drug-likeness (QED) is 0.901. The number of nitrogens with one attached hydrogen (secondary N) is 1. The van der Waals surface area contributed by atoms with Gasteiger partial charge in [-0.2, -0.15) is 0 Å². The van der Waals surface area contributed by atoms with Crippen molar-refractivity contribution in [2.75, 3.05) is 20.8 Å². The molecule has 0 aliphatic carbocycles. The highest BCUT2D eigenvalue weighted by Gasteiger charge is 2.24. The molecule has 0 aromatic heterocycles. The van der Waals surface area contributed by atoms with Crippen molar-refractivity contribution in [3.05, 3.63) is 23.8 Å². The molecule has 2 rings (SSSR count). The average Bonchev–Trinajstić information content (AvgIpc) is 2.75. The lowest BCUT2D eigenvalue weighted by Gasteiger charge is -2.11.